The highest BCUT2D eigenvalue weighted by molar-refractivity contribution is 6.32. The van der Waals surface area contributed by atoms with Crippen LogP contribution in [0.3, 0.4) is 0 Å². The van der Waals surface area contributed by atoms with E-state index in [4.69, 9.17) is 11.6 Å². The zero-order valence-corrected chi connectivity index (χ0v) is 10.2. The van der Waals surface area contributed by atoms with E-state index in [1.54, 1.807) is 19.9 Å². The van der Waals surface area contributed by atoms with Crippen LogP contribution in [0.2, 0.25) is 5.02 Å². The number of aryl methyl sites for hydroxylation is 1. The number of aliphatic hydroxyl groups excluding tert-OH is 1. The summed E-state index contributed by atoms with van der Waals surface area (Å²) in [6.45, 7) is 5.31. The van der Waals surface area contributed by atoms with Gasteiger partial charge in [0, 0.05) is 12.0 Å². The number of nitro benzene ring substituents is 1. The van der Waals surface area contributed by atoms with E-state index in [2.05, 4.69) is 0 Å². The summed E-state index contributed by atoms with van der Waals surface area (Å²) in [5.74, 6) is -0.0988. The van der Waals surface area contributed by atoms with Crippen molar-refractivity contribution in [2.75, 3.05) is 0 Å². The Balaban J connectivity index is 3.25. The molecule has 0 saturated carbocycles. The summed E-state index contributed by atoms with van der Waals surface area (Å²) in [6.07, 6.45) is -0.517. The molecule has 1 rings (SSSR count). The third-order valence-corrected chi connectivity index (χ3v) is 3.05. The Hall–Kier alpha value is -1.13. The summed E-state index contributed by atoms with van der Waals surface area (Å²) in [5.41, 5.74) is 1.51. The van der Waals surface area contributed by atoms with Crippen LogP contribution in [0, 0.1) is 17.0 Å². The van der Waals surface area contributed by atoms with Crippen LogP contribution in [0.25, 0.3) is 0 Å². The van der Waals surface area contributed by atoms with Gasteiger partial charge in [0.25, 0.3) is 5.69 Å². The van der Waals surface area contributed by atoms with E-state index < -0.39 is 11.0 Å². The van der Waals surface area contributed by atoms with Gasteiger partial charge in [-0.1, -0.05) is 18.5 Å². The van der Waals surface area contributed by atoms with Gasteiger partial charge in [-0.25, -0.2) is 0 Å². The normalized spacial score (nSPS) is 14.6. The van der Waals surface area contributed by atoms with Gasteiger partial charge in [0.15, 0.2) is 0 Å². The molecule has 0 bridgehead atoms. The average Bonchev–Trinajstić information content (AvgIpc) is 2.19. The summed E-state index contributed by atoms with van der Waals surface area (Å²) < 4.78 is 0. The molecule has 1 aromatic rings. The van der Waals surface area contributed by atoms with Crippen molar-refractivity contribution >= 4 is 17.3 Å². The van der Waals surface area contributed by atoms with Crippen LogP contribution in [0.1, 0.15) is 30.9 Å². The van der Waals surface area contributed by atoms with Gasteiger partial charge in [-0.15, -0.1) is 0 Å². The van der Waals surface area contributed by atoms with Crippen molar-refractivity contribution in [2.24, 2.45) is 0 Å². The van der Waals surface area contributed by atoms with Crippen molar-refractivity contribution < 1.29 is 10.0 Å². The Morgan fingerprint density at radius 3 is 2.44 bits per heavy atom. The van der Waals surface area contributed by atoms with Crippen molar-refractivity contribution in [3.8, 4) is 0 Å². The molecule has 0 fully saturated rings. The van der Waals surface area contributed by atoms with Gasteiger partial charge in [-0.05, 0) is 31.0 Å². The second-order valence-corrected chi connectivity index (χ2v) is 4.35. The van der Waals surface area contributed by atoms with Crippen LogP contribution in [0.15, 0.2) is 12.1 Å². The predicted molar refractivity (Wildman–Crippen MR) is 62.9 cm³/mol. The van der Waals surface area contributed by atoms with E-state index in [0.29, 0.717) is 0 Å². The minimum atomic E-state index is -0.517. The van der Waals surface area contributed by atoms with Gasteiger partial charge in [0.1, 0.15) is 5.02 Å². The number of halogens is 1. The van der Waals surface area contributed by atoms with Crippen LogP contribution in [-0.2, 0) is 0 Å². The van der Waals surface area contributed by atoms with Crippen molar-refractivity contribution in [3.63, 3.8) is 0 Å². The molecule has 0 saturated heterocycles. The van der Waals surface area contributed by atoms with Gasteiger partial charge in [0.2, 0.25) is 0 Å². The first-order valence-electron chi connectivity index (χ1n) is 4.97. The molecule has 16 heavy (non-hydrogen) atoms. The van der Waals surface area contributed by atoms with Crippen molar-refractivity contribution in [3.05, 3.63) is 38.4 Å². The molecule has 1 aromatic carbocycles. The second kappa shape index (κ2) is 4.80. The molecule has 0 aliphatic carbocycles. The lowest BCUT2D eigenvalue weighted by Gasteiger charge is -2.17. The lowest BCUT2D eigenvalue weighted by Crippen LogP contribution is -2.12. The molecule has 5 heteroatoms. The van der Waals surface area contributed by atoms with Gasteiger partial charge in [0.05, 0.1) is 11.0 Å². The third-order valence-electron chi connectivity index (χ3n) is 2.75. The van der Waals surface area contributed by atoms with E-state index in [0.717, 1.165) is 11.1 Å². The number of benzene rings is 1. The minimum Gasteiger partial charge on any atom is -0.393 e. The van der Waals surface area contributed by atoms with E-state index in [1.165, 1.54) is 6.07 Å². The first-order valence-corrected chi connectivity index (χ1v) is 5.35. The molecule has 0 spiro atoms. The standard InChI is InChI=1S/C11H14ClNO3/c1-6-4-11(13(15)16)10(12)5-9(6)7(2)8(3)14/h4-5,7-8,14H,1-3H3. The van der Waals surface area contributed by atoms with Gasteiger partial charge in [-0.3, -0.25) is 10.1 Å². The maximum atomic E-state index is 10.7. The molecule has 2 unspecified atom stereocenters. The Labute approximate surface area is 99.0 Å². The van der Waals surface area contributed by atoms with E-state index in [9.17, 15) is 15.2 Å². The molecule has 0 heterocycles. The minimum absolute atomic E-state index is 0.0966. The zero-order chi connectivity index (χ0) is 12.5. The third kappa shape index (κ3) is 2.51. The maximum Gasteiger partial charge on any atom is 0.288 e. The summed E-state index contributed by atoms with van der Waals surface area (Å²) in [6, 6.07) is 3.00. The number of hydrogen-bond donors (Lipinski definition) is 1. The van der Waals surface area contributed by atoms with Crippen LogP contribution in [0.4, 0.5) is 5.69 Å². The fraction of sp³-hybridized carbons (Fsp3) is 0.455. The predicted octanol–water partition coefficient (Wildman–Crippen LogP) is 3.04. The number of nitrogens with zero attached hydrogens (tertiary/aromatic N) is 1. The van der Waals surface area contributed by atoms with Crippen molar-refractivity contribution in [2.45, 2.75) is 32.8 Å². The number of nitro groups is 1. The van der Waals surface area contributed by atoms with Crippen LogP contribution in [-0.4, -0.2) is 16.1 Å². The number of hydrogen-bond acceptors (Lipinski definition) is 3. The monoisotopic (exact) mass is 243 g/mol. The van der Waals surface area contributed by atoms with Crippen LogP contribution in [0.5, 0.6) is 0 Å². The molecule has 0 radical (unpaired) electrons. The van der Waals surface area contributed by atoms with Crippen molar-refractivity contribution in [1.29, 1.82) is 0 Å². The molecule has 4 nitrogen and oxygen atoms in total. The first kappa shape index (κ1) is 12.9. The molecule has 2 atom stereocenters. The summed E-state index contributed by atoms with van der Waals surface area (Å²) in [4.78, 5) is 10.2. The highest BCUT2D eigenvalue weighted by atomic mass is 35.5. The smallest absolute Gasteiger partial charge is 0.288 e. The molecule has 0 aliphatic heterocycles. The quantitative estimate of drug-likeness (QED) is 0.656. The maximum absolute atomic E-state index is 10.7. The molecule has 0 aromatic heterocycles. The lowest BCUT2D eigenvalue weighted by atomic mass is 9.92. The van der Waals surface area contributed by atoms with Gasteiger partial charge >= 0.3 is 0 Å². The SMILES string of the molecule is Cc1cc([N+](=O)[O-])c(Cl)cc1C(C)C(C)O. The fourth-order valence-electron chi connectivity index (χ4n) is 1.57. The summed E-state index contributed by atoms with van der Waals surface area (Å²) >= 11 is 5.82. The Bertz CT molecular complexity index is 418. The summed E-state index contributed by atoms with van der Waals surface area (Å²) in [7, 11) is 0. The molecule has 88 valence electrons. The van der Waals surface area contributed by atoms with E-state index in [-0.39, 0.29) is 16.6 Å². The van der Waals surface area contributed by atoms with Crippen LogP contribution >= 0.6 is 11.6 Å². The van der Waals surface area contributed by atoms with Gasteiger partial charge in [-0.2, -0.15) is 0 Å². The molecule has 0 amide bonds. The second-order valence-electron chi connectivity index (χ2n) is 3.95. The van der Waals surface area contributed by atoms with Crippen molar-refractivity contribution in [1.82, 2.24) is 0 Å². The Morgan fingerprint density at radius 1 is 1.44 bits per heavy atom. The van der Waals surface area contributed by atoms with Gasteiger partial charge < -0.3 is 5.11 Å². The lowest BCUT2D eigenvalue weighted by molar-refractivity contribution is -0.384. The Kier molecular flexibility index (Phi) is 3.88. The summed E-state index contributed by atoms with van der Waals surface area (Å²) in [5, 5.41) is 20.3. The number of rotatable bonds is 3. The van der Waals surface area contributed by atoms with E-state index in [1.807, 2.05) is 6.92 Å². The average molecular weight is 244 g/mol. The Morgan fingerprint density at radius 2 is 2.00 bits per heavy atom. The number of aliphatic hydroxyl groups is 1. The highest BCUT2D eigenvalue weighted by Gasteiger charge is 2.20. The molecular formula is C11H14ClNO3. The zero-order valence-electron chi connectivity index (χ0n) is 9.40. The molecule has 1 N–H and O–H groups in total. The topological polar surface area (TPSA) is 63.4 Å². The molecular weight excluding hydrogens is 230 g/mol. The largest absolute Gasteiger partial charge is 0.393 e. The first-order chi connectivity index (χ1) is 7.34. The van der Waals surface area contributed by atoms with E-state index >= 15 is 0 Å². The fourth-order valence-corrected chi connectivity index (χ4v) is 1.81. The highest BCUT2D eigenvalue weighted by Crippen LogP contribution is 2.32. The molecule has 0 aliphatic rings. The van der Waals surface area contributed by atoms with Crippen LogP contribution < -0.4 is 0 Å².